The molecule has 0 aliphatic carbocycles. The van der Waals surface area contributed by atoms with Crippen LogP contribution in [-0.4, -0.2) is 29.9 Å². The average Bonchev–Trinajstić information content (AvgIpc) is 2.87. The largest absolute Gasteiger partial charge is 0.484 e. The maximum atomic E-state index is 12.2. The number of hydrogen-bond acceptors (Lipinski definition) is 5. The number of benzene rings is 3. The minimum absolute atomic E-state index is 0.0702. The summed E-state index contributed by atoms with van der Waals surface area (Å²) in [5, 5.41) is 6.74. The van der Waals surface area contributed by atoms with E-state index in [9.17, 15) is 9.59 Å². The maximum Gasteiger partial charge on any atom is 0.258 e. The molecule has 0 spiro atoms. The molecule has 2 atom stereocenters. The van der Waals surface area contributed by atoms with Gasteiger partial charge in [-0.1, -0.05) is 60.7 Å². The Hall–Kier alpha value is -3.58. The number of rotatable bonds is 11. The van der Waals surface area contributed by atoms with Gasteiger partial charge in [-0.25, -0.2) is 5.43 Å². The lowest BCUT2D eigenvalue weighted by atomic mass is 10.1. The molecule has 176 valence electrons. The first kappa shape index (κ1) is 25.1. The molecule has 2 N–H and O–H groups in total. The van der Waals surface area contributed by atoms with E-state index in [1.807, 2.05) is 86.6 Å². The average molecular weight is 476 g/mol. The van der Waals surface area contributed by atoms with Crippen molar-refractivity contribution < 1.29 is 14.3 Å². The number of hydrazone groups is 1. The van der Waals surface area contributed by atoms with Gasteiger partial charge in [-0.05, 0) is 54.8 Å². The summed E-state index contributed by atoms with van der Waals surface area (Å²) in [5.74, 6) is 1.01. The van der Waals surface area contributed by atoms with Gasteiger partial charge in [0.1, 0.15) is 5.75 Å². The fraction of sp³-hybridized carbons (Fsp3) is 0.222. The highest BCUT2D eigenvalue weighted by molar-refractivity contribution is 7.99. The molecule has 0 unspecified atom stereocenters. The summed E-state index contributed by atoms with van der Waals surface area (Å²) in [5.41, 5.74) is 5.60. The number of carbonyl (C=O) groups is 2. The third-order valence-electron chi connectivity index (χ3n) is 5.03. The minimum atomic E-state index is -0.219. The molecule has 0 fully saturated rings. The van der Waals surface area contributed by atoms with Crippen molar-refractivity contribution in [2.75, 3.05) is 6.61 Å². The summed E-state index contributed by atoms with van der Waals surface area (Å²) >= 11 is 1.56. The van der Waals surface area contributed by atoms with E-state index in [1.165, 1.54) is 5.56 Å². The normalized spacial score (nSPS) is 12.6. The first-order chi connectivity index (χ1) is 16.5. The van der Waals surface area contributed by atoms with Crippen LogP contribution >= 0.6 is 11.8 Å². The van der Waals surface area contributed by atoms with Gasteiger partial charge in [0.05, 0.1) is 17.5 Å². The zero-order chi connectivity index (χ0) is 24.2. The second kappa shape index (κ2) is 13.2. The molecule has 34 heavy (non-hydrogen) atoms. The number of ether oxygens (including phenoxy) is 1. The van der Waals surface area contributed by atoms with Crippen molar-refractivity contribution in [1.82, 2.24) is 10.7 Å². The van der Waals surface area contributed by atoms with Gasteiger partial charge in [-0.3, -0.25) is 9.59 Å². The molecule has 0 bridgehead atoms. The summed E-state index contributed by atoms with van der Waals surface area (Å²) in [7, 11) is 0. The SMILES string of the molecule is C[C@H](NC(=O)COc1ccc(/C=N\NC(=O)[C@@H](C)SCc2ccccc2)cc1)c1ccccc1. The van der Waals surface area contributed by atoms with Crippen LogP contribution in [0.1, 0.15) is 36.6 Å². The van der Waals surface area contributed by atoms with Crippen molar-refractivity contribution in [3.8, 4) is 5.75 Å². The van der Waals surface area contributed by atoms with E-state index in [0.717, 1.165) is 16.9 Å². The maximum absolute atomic E-state index is 12.2. The monoisotopic (exact) mass is 475 g/mol. The van der Waals surface area contributed by atoms with Crippen LogP contribution in [0.4, 0.5) is 0 Å². The Kier molecular flexibility index (Phi) is 9.73. The van der Waals surface area contributed by atoms with Gasteiger partial charge in [-0.2, -0.15) is 5.10 Å². The van der Waals surface area contributed by atoms with E-state index in [2.05, 4.69) is 15.8 Å². The zero-order valence-corrected chi connectivity index (χ0v) is 20.1. The van der Waals surface area contributed by atoms with Gasteiger partial charge >= 0.3 is 0 Å². The molecule has 0 aliphatic rings. The molecule has 3 aromatic carbocycles. The summed E-state index contributed by atoms with van der Waals surface area (Å²) in [6.45, 7) is 3.73. The molecule has 0 radical (unpaired) electrons. The summed E-state index contributed by atoms with van der Waals surface area (Å²) < 4.78 is 5.57. The number of hydrogen-bond donors (Lipinski definition) is 2. The van der Waals surface area contributed by atoms with Gasteiger partial charge in [-0.15, -0.1) is 11.8 Å². The van der Waals surface area contributed by atoms with E-state index in [1.54, 1.807) is 30.1 Å². The van der Waals surface area contributed by atoms with E-state index in [0.29, 0.717) is 5.75 Å². The molecule has 0 saturated carbocycles. The van der Waals surface area contributed by atoms with Crippen LogP contribution in [0.15, 0.2) is 90.0 Å². The van der Waals surface area contributed by atoms with Gasteiger partial charge in [0.25, 0.3) is 11.8 Å². The highest BCUT2D eigenvalue weighted by Crippen LogP contribution is 2.17. The van der Waals surface area contributed by atoms with E-state index in [-0.39, 0.29) is 29.7 Å². The van der Waals surface area contributed by atoms with E-state index < -0.39 is 0 Å². The molecule has 3 aromatic rings. The van der Waals surface area contributed by atoms with Crippen LogP contribution in [0.5, 0.6) is 5.75 Å². The molecule has 0 aliphatic heterocycles. The van der Waals surface area contributed by atoms with Crippen molar-refractivity contribution in [3.05, 3.63) is 102 Å². The summed E-state index contributed by atoms with van der Waals surface area (Å²) in [4.78, 5) is 24.4. The molecule has 0 aromatic heterocycles. The first-order valence-corrected chi connectivity index (χ1v) is 12.1. The summed E-state index contributed by atoms with van der Waals surface area (Å²) in [6, 6.07) is 26.8. The number of thioether (sulfide) groups is 1. The van der Waals surface area contributed by atoms with Crippen molar-refractivity contribution in [3.63, 3.8) is 0 Å². The second-order valence-corrected chi connectivity index (χ2v) is 9.06. The van der Waals surface area contributed by atoms with Crippen molar-refractivity contribution in [2.45, 2.75) is 30.9 Å². The van der Waals surface area contributed by atoms with Crippen molar-refractivity contribution in [1.29, 1.82) is 0 Å². The fourth-order valence-electron chi connectivity index (χ4n) is 3.04. The van der Waals surface area contributed by atoms with E-state index in [4.69, 9.17) is 4.74 Å². The minimum Gasteiger partial charge on any atom is -0.484 e. The molecular weight excluding hydrogens is 446 g/mol. The molecule has 2 amide bonds. The van der Waals surface area contributed by atoms with Crippen LogP contribution < -0.4 is 15.5 Å². The molecule has 0 heterocycles. The highest BCUT2D eigenvalue weighted by Gasteiger charge is 2.12. The van der Waals surface area contributed by atoms with E-state index >= 15 is 0 Å². The second-order valence-electron chi connectivity index (χ2n) is 7.73. The van der Waals surface area contributed by atoms with Gasteiger partial charge in [0.15, 0.2) is 6.61 Å². The van der Waals surface area contributed by atoms with Crippen molar-refractivity contribution in [2.24, 2.45) is 5.10 Å². The van der Waals surface area contributed by atoms with Gasteiger partial charge in [0.2, 0.25) is 0 Å². The molecule has 3 rings (SSSR count). The lowest BCUT2D eigenvalue weighted by Crippen LogP contribution is -2.31. The molecule has 0 saturated heterocycles. The number of nitrogens with one attached hydrogen (secondary N) is 2. The fourth-order valence-corrected chi connectivity index (χ4v) is 3.88. The predicted molar refractivity (Wildman–Crippen MR) is 138 cm³/mol. The number of nitrogens with zero attached hydrogens (tertiary/aromatic N) is 1. The molecule has 7 heteroatoms. The van der Waals surface area contributed by atoms with Crippen molar-refractivity contribution >= 4 is 29.8 Å². The third-order valence-corrected chi connectivity index (χ3v) is 6.24. The topological polar surface area (TPSA) is 79.8 Å². The zero-order valence-electron chi connectivity index (χ0n) is 19.3. The van der Waals surface area contributed by atoms with Gasteiger partial charge < -0.3 is 10.1 Å². The Morgan fingerprint density at radius 2 is 1.59 bits per heavy atom. The Labute approximate surface area is 204 Å². The quantitative estimate of drug-likeness (QED) is 0.311. The van der Waals surface area contributed by atoms with Crippen LogP contribution in [-0.2, 0) is 15.3 Å². The Balaban J connectivity index is 1.38. The lowest BCUT2D eigenvalue weighted by molar-refractivity contribution is -0.123. The first-order valence-electron chi connectivity index (χ1n) is 11.1. The predicted octanol–water partition coefficient (Wildman–Crippen LogP) is 4.71. The Morgan fingerprint density at radius 1 is 0.941 bits per heavy atom. The van der Waals surface area contributed by atoms with Crippen LogP contribution in [0.25, 0.3) is 0 Å². The van der Waals surface area contributed by atoms with Crippen LogP contribution in [0.3, 0.4) is 0 Å². The van der Waals surface area contributed by atoms with Gasteiger partial charge in [0, 0.05) is 5.75 Å². The highest BCUT2D eigenvalue weighted by atomic mass is 32.2. The standard InChI is InChI=1S/C27H29N3O3S/c1-20(24-11-7-4-8-12-24)29-26(31)18-33-25-15-13-22(14-16-25)17-28-30-27(32)21(2)34-19-23-9-5-3-6-10-23/h3-17,20-21H,18-19H2,1-2H3,(H,29,31)(H,30,32)/b28-17-/t20-,21+/m0/s1. The number of carbonyl (C=O) groups excluding carboxylic acids is 2. The smallest absolute Gasteiger partial charge is 0.258 e. The summed E-state index contributed by atoms with van der Waals surface area (Å²) in [6.07, 6.45) is 1.57. The van der Waals surface area contributed by atoms with Crippen LogP contribution in [0, 0.1) is 0 Å². The third kappa shape index (κ3) is 8.41. The number of amides is 2. The Morgan fingerprint density at radius 3 is 2.26 bits per heavy atom. The lowest BCUT2D eigenvalue weighted by Gasteiger charge is -2.14. The Bertz CT molecular complexity index is 1070. The van der Waals surface area contributed by atoms with Crippen LogP contribution in [0.2, 0.25) is 0 Å². The molecular formula is C27H29N3O3S. The molecule has 6 nitrogen and oxygen atoms in total.